The minimum atomic E-state index is -0.878. The van der Waals surface area contributed by atoms with Crippen molar-refractivity contribution in [1.29, 1.82) is 0 Å². The van der Waals surface area contributed by atoms with Crippen LogP contribution in [0.25, 0.3) is 5.03 Å². The van der Waals surface area contributed by atoms with Crippen LogP contribution in [-0.4, -0.2) is 41.3 Å². The second-order valence-corrected chi connectivity index (χ2v) is 11.0. The normalized spacial score (nSPS) is 26.9. The largest absolute Gasteiger partial charge is 0.469 e. The number of methoxy groups -OCH3 is 1. The minimum Gasteiger partial charge on any atom is -0.469 e. The van der Waals surface area contributed by atoms with Crippen molar-refractivity contribution >= 4 is 41.0 Å². The number of aliphatic hydroxyl groups excluding tert-OH is 2. The fourth-order valence-corrected chi connectivity index (χ4v) is 5.56. The van der Waals surface area contributed by atoms with Gasteiger partial charge in [-0.05, 0) is 36.8 Å². The molecular formula is C29H35ClO5S. The summed E-state index contributed by atoms with van der Waals surface area (Å²) < 4.78 is 4.62. The molecule has 2 aliphatic rings. The molecule has 0 bridgehead atoms. The smallest absolute Gasteiger partial charge is 0.305 e. The zero-order valence-corrected chi connectivity index (χ0v) is 22.7. The number of ether oxygens (including phenoxy) is 1. The van der Waals surface area contributed by atoms with Crippen molar-refractivity contribution in [2.45, 2.75) is 69.5 Å². The van der Waals surface area contributed by atoms with E-state index in [9.17, 15) is 19.8 Å². The highest BCUT2D eigenvalue weighted by atomic mass is 35.5. The number of rotatable bonds is 9. The molecule has 36 heavy (non-hydrogen) atoms. The third-order valence-corrected chi connectivity index (χ3v) is 8.04. The summed E-state index contributed by atoms with van der Waals surface area (Å²) in [6, 6.07) is 7.67. The number of unbranched alkanes of at least 4 members (excludes halogenated alkanes) is 1. The Labute approximate surface area is 224 Å². The number of aliphatic hydroxyl groups is 2. The van der Waals surface area contributed by atoms with Crippen molar-refractivity contribution in [3.63, 3.8) is 0 Å². The predicted molar refractivity (Wildman–Crippen MR) is 144 cm³/mol. The summed E-state index contributed by atoms with van der Waals surface area (Å²) in [5, 5.41) is 22.2. The van der Waals surface area contributed by atoms with E-state index in [4.69, 9.17) is 11.6 Å². The van der Waals surface area contributed by atoms with E-state index in [1.165, 1.54) is 7.11 Å². The summed E-state index contributed by atoms with van der Waals surface area (Å²) in [7, 11) is 1.36. The Hall–Kier alpha value is -2.04. The minimum absolute atomic E-state index is 0.0207. The molecule has 7 heteroatoms. The van der Waals surface area contributed by atoms with Crippen molar-refractivity contribution in [3.8, 4) is 11.8 Å². The predicted octanol–water partition coefficient (Wildman–Crippen LogP) is 5.19. The Balaban J connectivity index is 1.60. The lowest BCUT2D eigenvalue weighted by molar-refractivity contribution is -0.140. The highest BCUT2D eigenvalue weighted by Gasteiger charge is 2.53. The highest BCUT2D eigenvalue weighted by Crippen LogP contribution is 2.49. The Morgan fingerprint density at radius 2 is 2.06 bits per heavy atom. The van der Waals surface area contributed by atoms with E-state index in [1.807, 2.05) is 24.3 Å². The number of halogens is 1. The van der Waals surface area contributed by atoms with Gasteiger partial charge in [-0.25, -0.2) is 0 Å². The number of hydrogen-bond acceptors (Lipinski definition) is 6. The third kappa shape index (κ3) is 6.83. The van der Waals surface area contributed by atoms with Crippen LogP contribution in [0, 0.1) is 35.0 Å². The summed E-state index contributed by atoms with van der Waals surface area (Å²) >= 11 is 11.1. The number of allylic oxidation sites excluding steroid dienone is 1. The van der Waals surface area contributed by atoms with Crippen LogP contribution < -0.4 is 0 Å². The van der Waals surface area contributed by atoms with E-state index >= 15 is 0 Å². The van der Waals surface area contributed by atoms with Crippen LogP contribution in [0.5, 0.6) is 0 Å². The van der Waals surface area contributed by atoms with Crippen LogP contribution in [0.2, 0.25) is 0 Å². The lowest BCUT2D eigenvalue weighted by Crippen LogP contribution is -2.31. The molecule has 1 aromatic carbocycles. The van der Waals surface area contributed by atoms with E-state index in [-0.39, 0.29) is 17.7 Å². The molecule has 2 aliphatic carbocycles. The first kappa shape index (κ1) is 28.5. The number of carbonyl (C=O) groups excluding carboxylic acids is 2. The van der Waals surface area contributed by atoms with E-state index in [0.717, 1.165) is 22.5 Å². The molecule has 0 aliphatic heterocycles. The zero-order valence-electron chi connectivity index (χ0n) is 21.0. The third-order valence-electron chi connectivity index (χ3n) is 7.20. The van der Waals surface area contributed by atoms with Gasteiger partial charge < -0.3 is 14.9 Å². The first-order valence-corrected chi connectivity index (χ1v) is 13.2. The lowest BCUT2D eigenvalue weighted by atomic mass is 9.86. The van der Waals surface area contributed by atoms with Gasteiger partial charge in [-0.15, -0.1) is 24.5 Å². The maximum Gasteiger partial charge on any atom is 0.305 e. The van der Waals surface area contributed by atoms with Crippen molar-refractivity contribution in [2.75, 3.05) is 7.11 Å². The number of thiol groups is 1. The maximum atomic E-state index is 13.0. The Morgan fingerprint density at radius 3 is 2.75 bits per heavy atom. The van der Waals surface area contributed by atoms with E-state index < -0.39 is 29.5 Å². The molecule has 0 saturated heterocycles. The van der Waals surface area contributed by atoms with Gasteiger partial charge in [0.15, 0.2) is 0 Å². The van der Waals surface area contributed by atoms with E-state index in [0.29, 0.717) is 37.1 Å². The van der Waals surface area contributed by atoms with Gasteiger partial charge in [0, 0.05) is 46.6 Å². The topological polar surface area (TPSA) is 83.8 Å². The zero-order chi connectivity index (χ0) is 26.5. The maximum absolute atomic E-state index is 13.0. The second-order valence-electron chi connectivity index (χ2n) is 10.1. The summed E-state index contributed by atoms with van der Waals surface area (Å²) in [5.74, 6) is 5.12. The summed E-state index contributed by atoms with van der Waals surface area (Å²) in [6.45, 7) is 3.51. The molecule has 2 fully saturated rings. The standard InChI is InChI=1S/C29H35ClO5S/c1-29(2)27(33)20(10-6-4-5-7-13-25(32)35-3)21(28(29)34)15-14-19(31)16-18-17-23(18)26(30)22-11-8-9-12-24(22)36/h8-9,11-12,14-15,18-21,28,31,34,36H,5,7,10,13,16-17H2,1-3H3. The van der Waals surface area contributed by atoms with Gasteiger partial charge in [-0.1, -0.05) is 55.8 Å². The number of esters is 1. The van der Waals surface area contributed by atoms with Gasteiger partial charge in [-0.2, -0.15) is 0 Å². The van der Waals surface area contributed by atoms with Crippen molar-refractivity contribution in [3.05, 3.63) is 47.6 Å². The van der Waals surface area contributed by atoms with Crippen molar-refractivity contribution in [1.82, 2.24) is 0 Å². The van der Waals surface area contributed by atoms with Gasteiger partial charge in [0.05, 0.1) is 24.7 Å². The van der Waals surface area contributed by atoms with Crippen LogP contribution in [0.3, 0.4) is 0 Å². The molecule has 5 nitrogen and oxygen atoms in total. The molecule has 0 aromatic heterocycles. The summed E-state index contributed by atoms with van der Waals surface area (Å²) in [5.41, 5.74) is 1.13. The van der Waals surface area contributed by atoms with Crippen LogP contribution in [-0.2, 0) is 14.3 Å². The first-order chi connectivity index (χ1) is 17.1. The van der Waals surface area contributed by atoms with Gasteiger partial charge in [0.2, 0.25) is 0 Å². The van der Waals surface area contributed by atoms with E-state index in [1.54, 1.807) is 26.0 Å². The van der Waals surface area contributed by atoms with Gasteiger partial charge in [0.25, 0.3) is 0 Å². The number of carbonyl (C=O) groups is 2. The fraction of sp³-hybridized carbons (Fsp3) is 0.517. The average molecular weight is 531 g/mol. The molecule has 2 saturated carbocycles. The fourth-order valence-electron chi connectivity index (χ4n) is 4.82. The van der Waals surface area contributed by atoms with Crippen LogP contribution in [0.4, 0.5) is 0 Å². The molecule has 5 atom stereocenters. The van der Waals surface area contributed by atoms with Gasteiger partial charge >= 0.3 is 5.97 Å². The summed E-state index contributed by atoms with van der Waals surface area (Å²) in [6.07, 6.45) is 5.05. The average Bonchev–Trinajstić information content (AvgIpc) is 3.59. The Kier molecular flexibility index (Phi) is 9.88. The Bertz CT molecular complexity index is 1100. The molecular weight excluding hydrogens is 496 g/mol. The highest BCUT2D eigenvalue weighted by molar-refractivity contribution is 7.80. The van der Waals surface area contributed by atoms with Gasteiger partial charge in [-0.3, -0.25) is 9.59 Å². The molecule has 2 N–H and O–H groups in total. The SMILES string of the molecule is COC(=O)CCCC#CCC1C(=O)C(C)(C)C(O)C1C=CC(O)CC1CC1=C(Cl)c1ccccc1S. The van der Waals surface area contributed by atoms with Crippen LogP contribution in [0.15, 0.2) is 46.9 Å². The molecule has 0 amide bonds. The van der Waals surface area contributed by atoms with Crippen molar-refractivity contribution in [2.24, 2.45) is 23.2 Å². The molecule has 0 heterocycles. The summed E-state index contributed by atoms with van der Waals surface area (Å²) in [4.78, 5) is 25.0. The molecule has 3 rings (SSSR count). The number of ketones is 1. The monoisotopic (exact) mass is 530 g/mol. The number of Topliss-reactive ketones (excluding diaryl/α,β-unsaturated/α-hetero) is 1. The second kappa shape index (κ2) is 12.5. The molecule has 194 valence electrons. The molecule has 0 spiro atoms. The van der Waals surface area contributed by atoms with Crippen molar-refractivity contribution < 1.29 is 24.5 Å². The number of hydrogen-bond donors (Lipinski definition) is 3. The molecule has 5 unspecified atom stereocenters. The van der Waals surface area contributed by atoms with Crippen LogP contribution >= 0.6 is 24.2 Å². The number of benzene rings is 1. The van der Waals surface area contributed by atoms with E-state index in [2.05, 4.69) is 29.2 Å². The van der Waals surface area contributed by atoms with Gasteiger partial charge in [0.1, 0.15) is 5.78 Å². The molecule has 1 aromatic rings. The first-order valence-electron chi connectivity index (χ1n) is 12.4. The lowest BCUT2D eigenvalue weighted by Gasteiger charge is -2.22. The Morgan fingerprint density at radius 1 is 1.33 bits per heavy atom. The van der Waals surface area contributed by atoms with Crippen LogP contribution in [0.1, 0.15) is 57.9 Å². The molecule has 0 radical (unpaired) electrons. The quantitative estimate of drug-likeness (QED) is 0.134.